The summed E-state index contributed by atoms with van der Waals surface area (Å²) in [6, 6.07) is 1.13. The van der Waals surface area contributed by atoms with Crippen molar-refractivity contribution in [2.75, 3.05) is 19.3 Å². The van der Waals surface area contributed by atoms with Crippen LogP contribution < -0.4 is 11.1 Å². The van der Waals surface area contributed by atoms with E-state index in [-0.39, 0.29) is 11.8 Å². The lowest BCUT2D eigenvalue weighted by molar-refractivity contribution is -0.128. The SMILES string of the molecule is Cc1ncc(N)cc1C(=O)NC1CCN(C)C1=O. The van der Waals surface area contributed by atoms with Gasteiger partial charge in [0.25, 0.3) is 5.91 Å². The molecule has 0 saturated carbocycles. The van der Waals surface area contributed by atoms with E-state index in [0.717, 1.165) is 0 Å². The van der Waals surface area contributed by atoms with Gasteiger partial charge in [-0.15, -0.1) is 0 Å². The molecule has 18 heavy (non-hydrogen) atoms. The molecule has 1 aliphatic rings. The van der Waals surface area contributed by atoms with Gasteiger partial charge in [0.1, 0.15) is 6.04 Å². The number of nitrogens with two attached hydrogens (primary N) is 1. The molecule has 1 unspecified atom stereocenters. The second-order valence-electron chi connectivity index (χ2n) is 4.48. The lowest BCUT2D eigenvalue weighted by Crippen LogP contribution is -2.40. The number of rotatable bonds is 2. The zero-order chi connectivity index (χ0) is 13.3. The fraction of sp³-hybridized carbons (Fsp3) is 0.417. The third-order valence-corrected chi connectivity index (χ3v) is 3.09. The normalized spacial score (nSPS) is 19.1. The van der Waals surface area contributed by atoms with Crippen molar-refractivity contribution in [3.05, 3.63) is 23.5 Å². The van der Waals surface area contributed by atoms with E-state index in [1.165, 1.54) is 6.20 Å². The lowest BCUT2D eigenvalue weighted by atomic mass is 10.1. The number of likely N-dealkylation sites (tertiary alicyclic amines) is 1. The van der Waals surface area contributed by atoms with E-state index in [9.17, 15) is 9.59 Å². The first kappa shape index (κ1) is 12.3. The first-order valence-electron chi connectivity index (χ1n) is 5.77. The van der Waals surface area contributed by atoms with Crippen LogP contribution in [-0.4, -0.2) is 41.3 Å². The van der Waals surface area contributed by atoms with Crippen molar-refractivity contribution < 1.29 is 9.59 Å². The Balaban J connectivity index is 2.13. The van der Waals surface area contributed by atoms with E-state index >= 15 is 0 Å². The molecule has 3 N–H and O–H groups in total. The molecule has 0 spiro atoms. The molecule has 0 aromatic carbocycles. The Morgan fingerprint density at radius 1 is 1.61 bits per heavy atom. The van der Waals surface area contributed by atoms with Gasteiger partial charge in [0, 0.05) is 13.6 Å². The first-order valence-corrected chi connectivity index (χ1v) is 5.77. The number of anilines is 1. The molecule has 2 rings (SSSR count). The summed E-state index contributed by atoms with van der Waals surface area (Å²) in [5.41, 5.74) is 7.05. The highest BCUT2D eigenvalue weighted by molar-refractivity contribution is 5.99. The third kappa shape index (κ3) is 2.27. The summed E-state index contributed by atoms with van der Waals surface area (Å²) in [4.78, 5) is 29.4. The number of likely N-dealkylation sites (N-methyl/N-ethyl adjacent to an activating group) is 1. The fourth-order valence-electron chi connectivity index (χ4n) is 1.97. The van der Waals surface area contributed by atoms with Crippen LogP contribution in [0.5, 0.6) is 0 Å². The molecular weight excluding hydrogens is 232 g/mol. The van der Waals surface area contributed by atoms with Gasteiger partial charge in [-0.1, -0.05) is 0 Å². The predicted octanol–water partition coefficient (Wildman–Crippen LogP) is -0.0673. The molecule has 0 aliphatic carbocycles. The van der Waals surface area contributed by atoms with Crippen molar-refractivity contribution in [2.24, 2.45) is 0 Å². The molecule has 1 aliphatic heterocycles. The van der Waals surface area contributed by atoms with Crippen LogP contribution in [0, 0.1) is 6.92 Å². The highest BCUT2D eigenvalue weighted by Gasteiger charge is 2.30. The molecule has 6 heteroatoms. The number of nitrogens with one attached hydrogen (secondary N) is 1. The van der Waals surface area contributed by atoms with Crippen molar-refractivity contribution in [1.29, 1.82) is 0 Å². The minimum atomic E-state index is -0.441. The van der Waals surface area contributed by atoms with Crippen LogP contribution in [-0.2, 0) is 4.79 Å². The minimum absolute atomic E-state index is 0.0575. The van der Waals surface area contributed by atoms with Crippen LogP contribution in [0.3, 0.4) is 0 Å². The maximum absolute atomic E-state index is 12.0. The fourth-order valence-corrected chi connectivity index (χ4v) is 1.97. The second kappa shape index (κ2) is 4.64. The molecule has 1 fully saturated rings. The van der Waals surface area contributed by atoms with Crippen molar-refractivity contribution in [1.82, 2.24) is 15.2 Å². The highest BCUT2D eigenvalue weighted by Crippen LogP contribution is 2.12. The van der Waals surface area contributed by atoms with E-state index in [0.29, 0.717) is 29.9 Å². The smallest absolute Gasteiger partial charge is 0.253 e. The summed E-state index contributed by atoms with van der Waals surface area (Å²) >= 11 is 0. The van der Waals surface area contributed by atoms with Crippen molar-refractivity contribution in [3.8, 4) is 0 Å². The maximum atomic E-state index is 12.0. The number of amides is 2. The molecule has 2 heterocycles. The number of nitrogen functional groups attached to an aromatic ring is 1. The number of aromatic nitrogens is 1. The minimum Gasteiger partial charge on any atom is -0.397 e. The van der Waals surface area contributed by atoms with Crippen LogP contribution in [0.25, 0.3) is 0 Å². The Hall–Kier alpha value is -2.11. The summed E-state index contributed by atoms with van der Waals surface area (Å²) in [5, 5.41) is 2.72. The summed E-state index contributed by atoms with van der Waals surface area (Å²) in [7, 11) is 1.72. The standard InChI is InChI=1S/C12H16N4O2/c1-7-9(5-8(13)6-14-7)11(17)15-10-3-4-16(2)12(10)18/h5-6,10H,3-4,13H2,1-2H3,(H,15,17). The third-order valence-electron chi connectivity index (χ3n) is 3.09. The van der Waals surface area contributed by atoms with E-state index in [1.54, 1.807) is 24.9 Å². The second-order valence-corrected chi connectivity index (χ2v) is 4.48. The highest BCUT2D eigenvalue weighted by atomic mass is 16.2. The Morgan fingerprint density at radius 3 is 2.94 bits per heavy atom. The van der Waals surface area contributed by atoms with Gasteiger partial charge in [0.2, 0.25) is 5.91 Å². The van der Waals surface area contributed by atoms with Gasteiger partial charge >= 0.3 is 0 Å². The van der Waals surface area contributed by atoms with Gasteiger partial charge in [0.05, 0.1) is 23.1 Å². The number of carbonyl (C=O) groups is 2. The summed E-state index contributed by atoms with van der Waals surface area (Å²) in [6.07, 6.45) is 2.14. The van der Waals surface area contributed by atoms with E-state index in [1.807, 2.05) is 0 Å². The van der Waals surface area contributed by atoms with Crippen molar-refractivity contribution in [2.45, 2.75) is 19.4 Å². The Kier molecular flexibility index (Phi) is 3.18. The average molecular weight is 248 g/mol. The van der Waals surface area contributed by atoms with Gasteiger partial charge < -0.3 is 16.0 Å². The predicted molar refractivity (Wildman–Crippen MR) is 66.9 cm³/mol. The molecule has 0 radical (unpaired) electrons. The summed E-state index contributed by atoms with van der Waals surface area (Å²) in [5.74, 6) is -0.362. The van der Waals surface area contributed by atoms with Crippen LogP contribution in [0.4, 0.5) is 5.69 Å². The Labute approximate surface area is 105 Å². The van der Waals surface area contributed by atoms with Crippen LogP contribution >= 0.6 is 0 Å². The van der Waals surface area contributed by atoms with E-state index < -0.39 is 6.04 Å². The molecule has 2 amide bonds. The lowest BCUT2D eigenvalue weighted by Gasteiger charge is -2.13. The first-order chi connectivity index (χ1) is 8.49. The number of nitrogens with zero attached hydrogens (tertiary/aromatic N) is 2. The molecule has 0 bridgehead atoms. The average Bonchev–Trinajstić information content (AvgIpc) is 2.64. The molecule has 6 nitrogen and oxygen atoms in total. The molecule has 96 valence electrons. The van der Waals surface area contributed by atoms with Gasteiger partial charge in [-0.25, -0.2) is 0 Å². The zero-order valence-electron chi connectivity index (χ0n) is 10.4. The molecule has 1 aromatic rings. The summed E-state index contributed by atoms with van der Waals surface area (Å²) in [6.45, 7) is 2.40. The number of hydrogen-bond donors (Lipinski definition) is 2. The molecular formula is C12H16N4O2. The number of carbonyl (C=O) groups excluding carboxylic acids is 2. The topological polar surface area (TPSA) is 88.3 Å². The van der Waals surface area contributed by atoms with Gasteiger partial charge in [-0.3, -0.25) is 14.6 Å². The number of pyridine rings is 1. The van der Waals surface area contributed by atoms with Gasteiger partial charge in [-0.2, -0.15) is 0 Å². The van der Waals surface area contributed by atoms with Gasteiger partial charge in [-0.05, 0) is 19.4 Å². The summed E-state index contributed by atoms with van der Waals surface area (Å²) < 4.78 is 0. The monoisotopic (exact) mass is 248 g/mol. The van der Waals surface area contributed by atoms with Crippen LogP contribution in [0.2, 0.25) is 0 Å². The maximum Gasteiger partial charge on any atom is 0.253 e. The van der Waals surface area contributed by atoms with E-state index in [4.69, 9.17) is 5.73 Å². The quantitative estimate of drug-likeness (QED) is 0.767. The van der Waals surface area contributed by atoms with Crippen LogP contribution in [0.15, 0.2) is 12.3 Å². The largest absolute Gasteiger partial charge is 0.397 e. The van der Waals surface area contributed by atoms with E-state index in [2.05, 4.69) is 10.3 Å². The van der Waals surface area contributed by atoms with Crippen molar-refractivity contribution in [3.63, 3.8) is 0 Å². The molecule has 1 aromatic heterocycles. The van der Waals surface area contributed by atoms with Crippen molar-refractivity contribution >= 4 is 17.5 Å². The Bertz CT molecular complexity index is 501. The molecule has 1 saturated heterocycles. The molecule has 1 atom stereocenters. The van der Waals surface area contributed by atoms with Crippen LogP contribution in [0.1, 0.15) is 22.5 Å². The number of aryl methyl sites for hydroxylation is 1. The Morgan fingerprint density at radius 2 is 2.33 bits per heavy atom. The zero-order valence-corrected chi connectivity index (χ0v) is 10.4. The van der Waals surface area contributed by atoms with Gasteiger partial charge in [0.15, 0.2) is 0 Å². The number of hydrogen-bond acceptors (Lipinski definition) is 4.